The Balaban J connectivity index is 1.93. The first-order valence-corrected chi connectivity index (χ1v) is 7.47. The average molecular weight is 301 g/mol. The van der Waals surface area contributed by atoms with Crippen LogP contribution < -0.4 is 10.1 Å². The Morgan fingerprint density at radius 1 is 1.19 bits per heavy atom. The summed E-state index contributed by atoms with van der Waals surface area (Å²) in [6.07, 6.45) is -2.09. The first-order valence-electron chi connectivity index (χ1n) is 7.47. The molecule has 1 aliphatic carbocycles. The topological polar surface area (TPSA) is 21.3 Å². The SMILES string of the molecule is CCNC1CC(c2ccc(OCC(F)(F)F)cc2)C1CC. The second kappa shape index (κ2) is 6.69. The van der Waals surface area contributed by atoms with Gasteiger partial charge in [0.05, 0.1) is 0 Å². The van der Waals surface area contributed by atoms with Crippen LogP contribution in [0.1, 0.15) is 38.2 Å². The molecule has 118 valence electrons. The fourth-order valence-electron chi connectivity index (χ4n) is 3.13. The van der Waals surface area contributed by atoms with Crippen LogP contribution >= 0.6 is 0 Å². The zero-order chi connectivity index (χ0) is 15.5. The lowest BCUT2D eigenvalue weighted by atomic mass is 9.65. The van der Waals surface area contributed by atoms with Crippen molar-refractivity contribution in [2.24, 2.45) is 5.92 Å². The van der Waals surface area contributed by atoms with Crippen LogP contribution in [0.3, 0.4) is 0 Å². The Hall–Kier alpha value is -1.23. The molecule has 5 heteroatoms. The van der Waals surface area contributed by atoms with Crippen LogP contribution in [0, 0.1) is 5.92 Å². The zero-order valence-electron chi connectivity index (χ0n) is 12.4. The average Bonchev–Trinajstić information content (AvgIpc) is 2.41. The van der Waals surface area contributed by atoms with Crippen molar-refractivity contribution in [3.63, 3.8) is 0 Å². The van der Waals surface area contributed by atoms with E-state index in [0.29, 0.717) is 17.9 Å². The van der Waals surface area contributed by atoms with Crippen LogP contribution in [-0.4, -0.2) is 25.4 Å². The highest BCUT2D eigenvalue weighted by Gasteiger charge is 2.39. The smallest absolute Gasteiger partial charge is 0.422 e. The van der Waals surface area contributed by atoms with Gasteiger partial charge in [0.15, 0.2) is 6.61 Å². The molecule has 0 aliphatic heterocycles. The largest absolute Gasteiger partial charge is 0.484 e. The van der Waals surface area contributed by atoms with Crippen molar-refractivity contribution in [2.45, 2.75) is 44.8 Å². The van der Waals surface area contributed by atoms with Gasteiger partial charge in [0, 0.05) is 6.04 Å². The van der Waals surface area contributed by atoms with Gasteiger partial charge in [-0.05, 0) is 42.5 Å². The summed E-state index contributed by atoms with van der Waals surface area (Å²) in [5.41, 5.74) is 1.19. The van der Waals surface area contributed by atoms with Crippen LogP contribution in [0.5, 0.6) is 5.75 Å². The van der Waals surface area contributed by atoms with E-state index in [1.165, 1.54) is 5.56 Å². The van der Waals surface area contributed by atoms with Gasteiger partial charge < -0.3 is 10.1 Å². The summed E-state index contributed by atoms with van der Waals surface area (Å²) in [7, 11) is 0. The highest BCUT2D eigenvalue weighted by molar-refractivity contribution is 5.32. The predicted molar refractivity (Wildman–Crippen MR) is 76.6 cm³/mol. The number of halogens is 3. The van der Waals surface area contributed by atoms with E-state index in [0.717, 1.165) is 19.4 Å². The molecular formula is C16H22F3NO. The maximum absolute atomic E-state index is 12.1. The third-order valence-electron chi connectivity index (χ3n) is 4.19. The molecule has 0 aromatic heterocycles. The van der Waals surface area contributed by atoms with Crippen LogP contribution in [0.4, 0.5) is 13.2 Å². The summed E-state index contributed by atoms with van der Waals surface area (Å²) in [5, 5.41) is 3.48. The minimum absolute atomic E-state index is 0.270. The van der Waals surface area contributed by atoms with Crippen LogP contribution in [0.15, 0.2) is 24.3 Å². The molecule has 0 saturated heterocycles. The van der Waals surface area contributed by atoms with E-state index in [2.05, 4.69) is 19.2 Å². The number of benzene rings is 1. The molecule has 1 N–H and O–H groups in total. The molecule has 1 aliphatic rings. The van der Waals surface area contributed by atoms with Crippen LogP contribution in [0.2, 0.25) is 0 Å². The van der Waals surface area contributed by atoms with Crippen molar-refractivity contribution in [1.82, 2.24) is 5.32 Å². The third kappa shape index (κ3) is 4.13. The zero-order valence-corrected chi connectivity index (χ0v) is 12.4. The summed E-state index contributed by atoms with van der Waals surface area (Å²) in [6.45, 7) is 4.02. The Morgan fingerprint density at radius 2 is 1.86 bits per heavy atom. The Kier molecular flexibility index (Phi) is 5.14. The van der Waals surface area contributed by atoms with E-state index >= 15 is 0 Å². The Bertz CT molecular complexity index is 444. The van der Waals surface area contributed by atoms with E-state index in [-0.39, 0.29) is 5.75 Å². The molecule has 1 saturated carbocycles. The fourth-order valence-corrected chi connectivity index (χ4v) is 3.13. The molecule has 0 spiro atoms. The second-order valence-electron chi connectivity index (χ2n) is 5.55. The first kappa shape index (κ1) is 16.1. The molecule has 1 aromatic carbocycles. The lowest BCUT2D eigenvalue weighted by Crippen LogP contribution is -2.48. The summed E-state index contributed by atoms with van der Waals surface area (Å²) >= 11 is 0. The molecular weight excluding hydrogens is 279 g/mol. The van der Waals surface area contributed by atoms with Crippen molar-refractivity contribution in [3.8, 4) is 5.75 Å². The normalized spacial score (nSPS) is 25.5. The number of ether oxygens (including phenoxy) is 1. The van der Waals surface area contributed by atoms with Gasteiger partial charge in [0.2, 0.25) is 0 Å². The van der Waals surface area contributed by atoms with E-state index in [4.69, 9.17) is 4.74 Å². The molecule has 2 nitrogen and oxygen atoms in total. The van der Waals surface area contributed by atoms with Gasteiger partial charge in [0.25, 0.3) is 0 Å². The van der Waals surface area contributed by atoms with Gasteiger partial charge in [-0.1, -0.05) is 32.4 Å². The monoisotopic (exact) mass is 301 g/mol. The molecule has 1 fully saturated rings. The highest BCUT2D eigenvalue weighted by atomic mass is 19.4. The highest BCUT2D eigenvalue weighted by Crippen LogP contribution is 2.44. The summed E-state index contributed by atoms with van der Waals surface area (Å²) in [4.78, 5) is 0. The maximum Gasteiger partial charge on any atom is 0.422 e. The number of alkyl halides is 3. The van der Waals surface area contributed by atoms with Crippen molar-refractivity contribution in [2.75, 3.05) is 13.2 Å². The standard InChI is InChI=1S/C16H22F3NO/c1-3-13-14(9-15(13)20-4-2)11-5-7-12(8-6-11)21-10-16(17,18)19/h5-8,13-15,20H,3-4,9-10H2,1-2H3. The van der Waals surface area contributed by atoms with Crippen molar-refractivity contribution in [3.05, 3.63) is 29.8 Å². The summed E-state index contributed by atoms with van der Waals surface area (Å²) in [5.74, 6) is 1.37. The molecule has 3 unspecified atom stereocenters. The van der Waals surface area contributed by atoms with Crippen LogP contribution in [0.25, 0.3) is 0 Å². The predicted octanol–water partition coefficient (Wildman–Crippen LogP) is 4.12. The first-order chi connectivity index (χ1) is 9.94. The maximum atomic E-state index is 12.1. The molecule has 1 aromatic rings. The number of hydrogen-bond acceptors (Lipinski definition) is 2. The Labute approximate surface area is 123 Å². The number of rotatable bonds is 6. The summed E-state index contributed by atoms with van der Waals surface area (Å²) in [6, 6.07) is 7.61. The fraction of sp³-hybridized carbons (Fsp3) is 0.625. The quantitative estimate of drug-likeness (QED) is 0.853. The van der Waals surface area contributed by atoms with Gasteiger partial charge in [-0.25, -0.2) is 0 Å². The minimum Gasteiger partial charge on any atom is -0.484 e. The molecule has 0 heterocycles. The third-order valence-corrected chi connectivity index (χ3v) is 4.19. The Morgan fingerprint density at radius 3 is 2.38 bits per heavy atom. The number of nitrogens with one attached hydrogen (secondary N) is 1. The molecule has 0 radical (unpaired) electrons. The van der Waals surface area contributed by atoms with E-state index in [1.54, 1.807) is 12.1 Å². The molecule has 21 heavy (non-hydrogen) atoms. The van der Waals surface area contributed by atoms with Crippen molar-refractivity contribution in [1.29, 1.82) is 0 Å². The lowest BCUT2D eigenvalue weighted by molar-refractivity contribution is -0.153. The number of hydrogen-bond donors (Lipinski definition) is 1. The minimum atomic E-state index is -4.29. The van der Waals surface area contributed by atoms with Gasteiger partial charge in [0.1, 0.15) is 5.75 Å². The van der Waals surface area contributed by atoms with Crippen molar-refractivity contribution < 1.29 is 17.9 Å². The summed E-state index contributed by atoms with van der Waals surface area (Å²) < 4.78 is 41.0. The van der Waals surface area contributed by atoms with E-state index in [9.17, 15) is 13.2 Å². The molecule has 2 rings (SSSR count). The van der Waals surface area contributed by atoms with Gasteiger partial charge >= 0.3 is 6.18 Å². The molecule has 0 amide bonds. The van der Waals surface area contributed by atoms with Crippen molar-refractivity contribution >= 4 is 0 Å². The second-order valence-corrected chi connectivity index (χ2v) is 5.55. The van der Waals surface area contributed by atoms with E-state index in [1.807, 2.05) is 12.1 Å². The van der Waals surface area contributed by atoms with Gasteiger partial charge in [-0.2, -0.15) is 13.2 Å². The van der Waals surface area contributed by atoms with Gasteiger partial charge in [-0.15, -0.1) is 0 Å². The van der Waals surface area contributed by atoms with Gasteiger partial charge in [-0.3, -0.25) is 0 Å². The lowest BCUT2D eigenvalue weighted by Gasteiger charge is -2.45. The van der Waals surface area contributed by atoms with E-state index < -0.39 is 12.8 Å². The molecule has 0 bridgehead atoms. The molecule has 3 atom stereocenters. The van der Waals surface area contributed by atoms with Crippen LogP contribution in [-0.2, 0) is 0 Å².